The van der Waals surface area contributed by atoms with Gasteiger partial charge in [-0.05, 0) is 18.8 Å². The second-order valence-electron chi connectivity index (χ2n) is 7.34. The molecule has 8 N–H and O–H groups in total. The summed E-state index contributed by atoms with van der Waals surface area (Å²) in [5.41, 5.74) is 5.54. The first kappa shape index (κ1) is 29.1. The van der Waals surface area contributed by atoms with Gasteiger partial charge in [-0.2, -0.15) is 12.6 Å². The molecule has 0 bridgehead atoms. The molecule has 0 aliphatic carbocycles. The molecule has 0 rings (SSSR count). The largest absolute Gasteiger partial charge is 0.481 e. The topological polar surface area (TPSA) is 225 Å². The molecule has 0 fully saturated rings. The Labute approximate surface area is 189 Å². The monoisotopic (exact) mass is 478 g/mol. The number of aliphatic carboxylic acids is 3. The van der Waals surface area contributed by atoms with Crippen molar-refractivity contribution in [1.29, 1.82) is 0 Å². The van der Waals surface area contributed by atoms with Crippen LogP contribution in [0.25, 0.3) is 0 Å². The van der Waals surface area contributed by atoms with Crippen molar-refractivity contribution in [3.63, 3.8) is 0 Å². The Balaban J connectivity index is 5.57. The fourth-order valence-electron chi connectivity index (χ4n) is 2.47. The molecule has 0 spiro atoms. The molecule has 0 aromatic rings. The molecule has 4 atom stereocenters. The van der Waals surface area contributed by atoms with Crippen molar-refractivity contribution in [2.45, 2.75) is 63.7 Å². The number of carboxylic acids is 3. The molecule has 0 heterocycles. The highest BCUT2D eigenvalue weighted by atomic mass is 32.1. The molecule has 32 heavy (non-hydrogen) atoms. The van der Waals surface area contributed by atoms with E-state index in [-0.39, 0.29) is 18.6 Å². The first-order chi connectivity index (χ1) is 14.8. The number of rotatable bonds is 15. The zero-order valence-electron chi connectivity index (χ0n) is 17.7. The van der Waals surface area contributed by atoms with E-state index in [0.29, 0.717) is 0 Å². The lowest BCUT2D eigenvalue weighted by atomic mass is 10.0. The minimum Gasteiger partial charge on any atom is -0.481 e. The molecule has 0 aromatic heterocycles. The van der Waals surface area contributed by atoms with Crippen LogP contribution in [0.2, 0.25) is 0 Å². The van der Waals surface area contributed by atoms with Crippen molar-refractivity contribution in [2.24, 2.45) is 11.7 Å². The Morgan fingerprint density at radius 3 is 1.53 bits per heavy atom. The third kappa shape index (κ3) is 10.9. The number of thiol groups is 1. The van der Waals surface area contributed by atoms with Crippen molar-refractivity contribution in [2.75, 3.05) is 5.75 Å². The third-order valence-electron chi connectivity index (χ3n) is 4.32. The average Bonchev–Trinajstić information content (AvgIpc) is 2.69. The van der Waals surface area contributed by atoms with Gasteiger partial charge >= 0.3 is 17.9 Å². The van der Waals surface area contributed by atoms with Gasteiger partial charge in [-0.25, -0.2) is 4.79 Å². The van der Waals surface area contributed by atoms with Crippen LogP contribution in [-0.2, 0) is 28.8 Å². The highest BCUT2D eigenvalue weighted by Gasteiger charge is 2.31. The van der Waals surface area contributed by atoms with Gasteiger partial charge in [0.1, 0.15) is 18.1 Å². The lowest BCUT2D eigenvalue weighted by molar-refractivity contribution is -0.144. The van der Waals surface area contributed by atoms with Crippen molar-refractivity contribution in [1.82, 2.24) is 16.0 Å². The summed E-state index contributed by atoms with van der Waals surface area (Å²) in [6.45, 7) is 3.10. The molecular weight excluding hydrogens is 448 g/mol. The summed E-state index contributed by atoms with van der Waals surface area (Å²) in [4.78, 5) is 70.5. The van der Waals surface area contributed by atoms with E-state index in [0.717, 1.165) is 0 Å². The summed E-state index contributed by atoms with van der Waals surface area (Å²) in [5, 5.41) is 33.8. The Morgan fingerprint density at radius 1 is 0.781 bits per heavy atom. The maximum atomic E-state index is 12.7. The summed E-state index contributed by atoms with van der Waals surface area (Å²) in [7, 11) is 0. The summed E-state index contributed by atoms with van der Waals surface area (Å²) in [5.74, 6) is -7.02. The molecule has 4 unspecified atom stereocenters. The lowest BCUT2D eigenvalue weighted by Crippen LogP contribution is -2.57. The number of carbonyl (C=O) groups excluding carboxylic acids is 3. The van der Waals surface area contributed by atoms with Crippen molar-refractivity contribution in [3.05, 3.63) is 0 Å². The summed E-state index contributed by atoms with van der Waals surface area (Å²) in [6, 6.07) is -5.19. The van der Waals surface area contributed by atoms with Gasteiger partial charge in [0.05, 0.1) is 6.04 Å². The SMILES string of the molecule is CC(C)C(NC(=O)C(CCC(=O)O)NC(=O)C(CCC(=O)O)NC(=O)C(N)CS)C(=O)O. The van der Waals surface area contributed by atoms with E-state index < -0.39 is 78.6 Å². The van der Waals surface area contributed by atoms with Crippen LogP contribution in [0.15, 0.2) is 0 Å². The zero-order chi connectivity index (χ0) is 25.0. The summed E-state index contributed by atoms with van der Waals surface area (Å²) >= 11 is 3.87. The third-order valence-corrected chi connectivity index (χ3v) is 4.72. The first-order valence-corrected chi connectivity index (χ1v) is 10.4. The van der Waals surface area contributed by atoms with Gasteiger partial charge in [0.25, 0.3) is 0 Å². The molecule has 0 saturated heterocycles. The normalized spacial score (nSPS) is 14.5. The number of nitrogens with two attached hydrogens (primary N) is 1. The second-order valence-corrected chi connectivity index (χ2v) is 7.71. The number of hydrogen-bond donors (Lipinski definition) is 8. The summed E-state index contributed by atoms with van der Waals surface area (Å²) < 4.78 is 0. The fourth-order valence-corrected chi connectivity index (χ4v) is 2.64. The van der Waals surface area contributed by atoms with Crippen LogP contribution in [0.4, 0.5) is 0 Å². The summed E-state index contributed by atoms with van der Waals surface area (Å²) in [6.07, 6.45) is -1.71. The van der Waals surface area contributed by atoms with Crippen LogP contribution < -0.4 is 21.7 Å². The van der Waals surface area contributed by atoms with Gasteiger partial charge in [0, 0.05) is 18.6 Å². The van der Waals surface area contributed by atoms with Crippen LogP contribution >= 0.6 is 12.6 Å². The van der Waals surface area contributed by atoms with E-state index in [1.54, 1.807) is 13.8 Å². The Kier molecular flexibility index (Phi) is 13.0. The van der Waals surface area contributed by atoms with E-state index >= 15 is 0 Å². The van der Waals surface area contributed by atoms with Crippen LogP contribution in [0.5, 0.6) is 0 Å². The maximum absolute atomic E-state index is 12.7. The number of hydrogen-bond acceptors (Lipinski definition) is 8. The van der Waals surface area contributed by atoms with Gasteiger partial charge in [-0.1, -0.05) is 13.8 Å². The molecule has 0 radical (unpaired) electrons. The number of carboxylic acid groups (broad SMARTS) is 3. The molecule has 0 aliphatic heterocycles. The zero-order valence-corrected chi connectivity index (χ0v) is 18.6. The van der Waals surface area contributed by atoms with E-state index in [2.05, 4.69) is 28.6 Å². The molecule has 3 amide bonds. The lowest BCUT2D eigenvalue weighted by Gasteiger charge is -2.25. The molecule has 14 heteroatoms. The molecular formula is C18H30N4O9S. The number of nitrogens with one attached hydrogen (secondary N) is 3. The van der Waals surface area contributed by atoms with Gasteiger partial charge in [-0.15, -0.1) is 0 Å². The number of amides is 3. The van der Waals surface area contributed by atoms with E-state index in [9.17, 15) is 33.9 Å². The molecule has 0 aromatic carbocycles. The van der Waals surface area contributed by atoms with E-state index in [1.165, 1.54) is 0 Å². The second kappa shape index (κ2) is 14.2. The van der Waals surface area contributed by atoms with Crippen LogP contribution in [0.1, 0.15) is 39.5 Å². The predicted molar refractivity (Wildman–Crippen MR) is 114 cm³/mol. The maximum Gasteiger partial charge on any atom is 0.326 e. The minimum atomic E-state index is -1.44. The van der Waals surface area contributed by atoms with Gasteiger partial charge in [0.15, 0.2) is 0 Å². The highest BCUT2D eigenvalue weighted by molar-refractivity contribution is 7.80. The van der Waals surface area contributed by atoms with Crippen molar-refractivity contribution in [3.8, 4) is 0 Å². The van der Waals surface area contributed by atoms with Crippen LogP contribution in [-0.4, -0.2) is 80.9 Å². The Bertz CT molecular complexity index is 717. The molecule has 0 saturated carbocycles. The van der Waals surface area contributed by atoms with Crippen molar-refractivity contribution >= 4 is 48.3 Å². The van der Waals surface area contributed by atoms with Gasteiger partial charge < -0.3 is 37.0 Å². The standard InChI is InChI=1S/C18H30N4O9S/c1-8(2)14(18(30)31)22-17(29)11(4-6-13(25)26)21-16(28)10(3-5-12(23)24)20-15(27)9(19)7-32/h8-11,14,32H,3-7,19H2,1-2H3,(H,20,27)(H,21,28)(H,22,29)(H,23,24)(H,25,26)(H,30,31). The van der Waals surface area contributed by atoms with Gasteiger partial charge in [-0.3, -0.25) is 24.0 Å². The smallest absolute Gasteiger partial charge is 0.326 e. The Hall–Kier alpha value is -2.87. The molecule has 13 nitrogen and oxygen atoms in total. The first-order valence-electron chi connectivity index (χ1n) is 9.74. The van der Waals surface area contributed by atoms with E-state index in [4.69, 9.17) is 15.9 Å². The quantitative estimate of drug-likeness (QED) is 0.123. The van der Waals surface area contributed by atoms with Crippen LogP contribution in [0.3, 0.4) is 0 Å². The Morgan fingerprint density at radius 2 is 1.19 bits per heavy atom. The van der Waals surface area contributed by atoms with Crippen LogP contribution in [0, 0.1) is 5.92 Å². The van der Waals surface area contributed by atoms with Gasteiger partial charge in [0.2, 0.25) is 17.7 Å². The molecule has 182 valence electrons. The fraction of sp³-hybridized carbons (Fsp3) is 0.667. The number of carbonyl (C=O) groups is 6. The average molecular weight is 479 g/mol. The van der Waals surface area contributed by atoms with E-state index in [1.807, 2.05) is 0 Å². The predicted octanol–water partition coefficient (Wildman–Crippen LogP) is -1.83. The minimum absolute atomic E-state index is 0.0471. The van der Waals surface area contributed by atoms with Crippen molar-refractivity contribution < 1.29 is 44.1 Å². The highest BCUT2D eigenvalue weighted by Crippen LogP contribution is 2.07. The molecule has 0 aliphatic rings.